The molecule has 2 heterocycles. The number of carboxylic acids is 1. The molecule has 7 nitrogen and oxygen atoms in total. The van der Waals surface area contributed by atoms with Gasteiger partial charge in [-0.05, 0) is 33.7 Å². The van der Waals surface area contributed by atoms with Crippen LogP contribution in [0.1, 0.15) is 26.7 Å². The standard InChI is InChI=1S/C13H25N3O4S/c1-13(2)10-16(8-7-14(13)3)21(19,20)15-6-4-5-11(9-15)12(17)18/h11H,4-10H2,1-3H3,(H,17,18). The van der Waals surface area contributed by atoms with Crippen LogP contribution < -0.4 is 0 Å². The summed E-state index contributed by atoms with van der Waals surface area (Å²) >= 11 is 0. The van der Waals surface area contributed by atoms with Gasteiger partial charge >= 0.3 is 5.97 Å². The van der Waals surface area contributed by atoms with E-state index < -0.39 is 22.1 Å². The first-order valence-corrected chi connectivity index (χ1v) is 8.73. The third kappa shape index (κ3) is 3.39. The molecule has 0 spiro atoms. The Bertz CT molecular complexity index is 506. The van der Waals surface area contributed by atoms with E-state index in [1.807, 2.05) is 20.9 Å². The van der Waals surface area contributed by atoms with Gasteiger partial charge in [0, 0.05) is 38.3 Å². The summed E-state index contributed by atoms with van der Waals surface area (Å²) < 4.78 is 28.3. The Balaban J connectivity index is 2.13. The van der Waals surface area contributed by atoms with Crippen molar-refractivity contribution in [1.82, 2.24) is 13.5 Å². The van der Waals surface area contributed by atoms with E-state index in [4.69, 9.17) is 5.11 Å². The van der Waals surface area contributed by atoms with Crippen LogP contribution in [-0.4, -0.2) is 78.3 Å². The molecule has 1 N–H and O–H groups in total. The van der Waals surface area contributed by atoms with Gasteiger partial charge in [0.25, 0.3) is 10.2 Å². The van der Waals surface area contributed by atoms with E-state index in [0.717, 1.165) is 0 Å². The van der Waals surface area contributed by atoms with Crippen molar-refractivity contribution in [3.05, 3.63) is 0 Å². The molecule has 2 rings (SSSR count). The lowest BCUT2D eigenvalue weighted by molar-refractivity contribution is -0.142. The van der Waals surface area contributed by atoms with Gasteiger partial charge in [-0.25, -0.2) is 0 Å². The van der Waals surface area contributed by atoms with E-state index in [0.29, 0.717) is 39.0 Å². The van der Waals surface area contributed by atoms with E-state index in [1.54, 1.807) is 0 Å². The fourth-order valence-corrected chi connectivity index (χ4v) is 4.76. The second-order valence-electron chi connectivity index (χ2n) is 6.61. The van der Waals surface area contributed by atoms with Gasteiger partial charge in [0.05, 0.1) is 5.92 Å². The van der Waals surface area contributed by atoms with Gasteiger partial charge in [0.15, 0.2) is 0 Å². The molecule has 0 amide bonds. The predicted octanol–water partition coefficient (Wildman–Crippen LogP) is 0.0538. The number of hydrogen-bond acceptors (Lipinski definition) is 4. The monoisotopic (exact) mass is 319 g/mol. The van der Waals surface area contributed by atoms with Gasteiger partial charge in [-0.1, -0.05) is 0 Å². The lowest BCUT2D eigenvalue weighted by Crippen LogP contribution is -2.61. The largest absolute Gasteiger partial charge is 0.481 e. The van der Waals surface area contributed by atoms with E-state index in [1.165, 1.54) is 8.61 Å². The summed E-state index contributed by atoms with van der Waals surface area (Å²) in [4.78, 5) is 13.3. The fraction of sp³-hybridized carbons (Fsp3) is 0.923. The normalized spacial score (nSPS) is 29.4. The molecule has 2 aliphatic heterocycles. The Kier molecular flexibility index (Phi) is 4.63. The third-order valence-electron chi connectivity index (χ3n) is 4.67. The maximum Gasteiger partial charge on any atom is 0.307 e. The Morgan fingerprint density at radius 2 is 1.86 bits per heavy atom. The van der Waals surface area contributed by atoms with Gasteiger partial charge < -0.3 is 5.11 Å². The van der Waals surface area contributed by atoms with Crippen LogP contribution in [0, 0.1) is 5.92 Å². The number of likely N-dealkylation sites (N-methyl/N-ethyl adjacent to an activating group) is 1. The fourth-order valence-electron chi connectivity index (χ4n) is 2.91. The van der Waals surface area contributed by atoms with Gasteiger partial charge in [0.1, 0.15) is 0 Å². The highest BCUT2D eigenvalue weighted by Crippen LogP contribution is 2.26. The van der Waals surface area contributed by atoms with E-state index >= 15 is 0 Å². The molecular formula is C13H25N3O4S. The van der Waals surface area contributed by atoms with Crippen LogP contribution >= 0.6 is 0 Å². The van der Waals surface area contributed by atoms with Crippen LogP contribution in [0.2, 0.25) is 0 Å². The average Bonchev–Trinajstić information content (AvgIpc) is 2.41. The summed E-state index contributed by atoms with van der Waals surface area (Å²) in [5, 5.41) is 9.11. The van der Waals surface area contributed by atoms with Crippen molar-refractivity contribution in [2.24, 2.45) is 5.92 Å². The summed E-state index contributed by atoms with van der Waals surface area (Å²) in [6, 6.07) is 0. The Morgan fingerprint density at radius 1 is 1.19 bits per heavy atom. The van der Waals surface area contributed by atoms with Crippen LogP contribution in [0.4, 0.5) is 0 Å². The quantitative estimate of drug-likeness (QED) is 0.795. The predicted molar refractivity (Wildman–Crippen MR) is 79.1 cm³/mol. The zero-order valence-electron chi connectivity index (χ0n) is 12.9. The zero-order chi connectivity index (χ0) is 15.8. The second kappa shape index (κ2) is 5.83. The molecule has 0 aromatic carbocycles. The number of hydrogen-bond donors (Lipinski definition) is 1. The summed E-state index contributed by atoms with van der Waals surface area (Å²) in [6.45, 7) is 6.11. The molecule has 0 bridgehead atoms. The number of carbonyl (C=O) groups is 1. The van der Waals surface area contributed by atoms with Crippen molar-refractivity contribution < 1.29 is 18.3 Å². The van der Waals surface area contributed by atoms with Crippen LogP contribution in [0.25, 0.3) is 0 Å². The Labute approximate surface area is 126 Å². The Hall–Kier alpha value is -0.700. The highest BCUT2D eigenvalue weighted by molar-refractivity contribution is 7.86. The van der Waals surface area contributed by atoms with Crippen LogP contribution in [0.3, 0.4) is 0 Å². The topological polar surface area (TPSA) is 81.2 Å². The van der Waals surface area contributed by atoms with Crippen molar-refractivity contribution in [1.29, 1.82) is 0 Å². The molecule has 122 valence electrons. The Morgan fingerprint density at radius 3 is 2.43 bits per heavy atom. The summed E-state index contributed by atoms with van der Waals surface area (Å²) in [6.07, 6.45) is 1.16. The van der Waals surface area contributed by atoms with Crippen LogP contribution in [0.15, 0.2) is 0 Å². The zero-order valence-corrected chi connectivity index (χ0v) is 13.8. The number of aliphatic carboxylic acids is 1. The average molecular weight is 319 g/mol. The smallest absolute Gasteiger partial charge is 0.307 e. The lowest BCUT2D eigenvalue weighted by atomic mass is 10.0. The first kappa shape index (κ1) is 16.7. The molecule has 2 aliphatic rings. The van der Waals surface area contributed by atoms with E-state index in [2.05, 4.69) is 4.90 Å². The summed E-state index contributed by atoms with van der Waals surface area (Å²) in [5.74, 6) is -1.50. The third-order valence-corrected chi connectivity index (χ3v) is 6.62. The minimum atomic E-state index is -3.57. The second-order valence-corrected chi connectivity index (χ2v) is 8.54. The molecule has 21 heavy (non-hydrogen) atoms. The van der Waals surface area contributed by atoms with Crippen molar-refractivity contribution in [3.63, 3.8) is 0 Å². The molecular weight excluding hydrogens is 294 g/mol. The molecule has 1 atom stereocenters. The van der Waals surface area contributed by atoms with Gasteiger partial charge in [-0.15, -0.1) is 0 Å². The van der Waals surface area contributed by atoms with E-state index in [9.17, 15) is 13.2 Å². The molecule has 0 radical (unpaired) electrons. The first-order valence-electron chi connectivity index (χ1n) is 7.34. The maximum atomic E-state index is 12.7. The SMILES string of the molecule is CN1CCN(S(=O)(=O)N2CCCC(C(=O)O)C2)CC1(C)C. The highest BCUT2D eigenvalue weighted by atomic mass is 32.2. The number of piperidine rings is 1. The molecule has 0 saturated carbocycles. The molecule has 2 fully saturated rings. The molecule has 1 unspecified atom stereocenters. The van der Waals surface area contributed by atoms with Crippen LogP contribution in [0.5, 0.6) is 0 Å². The van der Waals surface area contributed by atoms with Crippen molar-refractivity contribution in [2.45, 2.75) is 32.2 Å². The van der Waals surface area contributed by atoms with Gasteiger partial charge in [0.2, 0.25) is 0 Å². The molecule has 0 aromatic heterocycles. The molecule has 0 aromatic rings. The van der Waals surface area contributed by atoms with E-state index in [-0.39, 0.29) is 12.1 Å². The number of nitrogens with zero attached hydrogens (tertiary/aromatic N) is 3. The van der Waals surface area contributed by atoms with Crippen molar-refractivity contribution in [2.75, 3.05) is 39.8 Å². The van der Waals surface area contributed by atoms with Gasteiger partial charge in [-0.2, -0.15) is 17.0 Å². The molecule has 2 saturated heterocycles. The van der Waals surface area contributed by atoms with Crippen LogP contribution in [-0.2, 0) is 15.0 Å². The maximum absolute atomic E-state index is 12.7. The van der Waals surface area contributed by atoms with Crippen molar-refractivity contribution in [3.8, 4) is 0 Å². The number of piperazine rings is 1. The molecule has 0 aliphatic carbocycles. The lowest BCUT2D eigenvalue weighted by Gasteiger charge is -2.46. The highest BCUT2D eigenvalue weighted by Gasteiger charge is 2.41. The minimum Gasteiger partial charge on any atom is -0.481 e. The number of rotatable bonds is 3. The summed E-state index contributed by atoms with van der Waals surface area (Å²) in [7, 11) is -1.58. The number of carboxylic acid groups (broad SMARTS) is 1. The summed E-state index contributed by atoms with van der Waals surface area (Å²) in [5.41, 5.74) is -0.215. The minimum absolute atomic E-state index is 0.0877. The van der Waals surface area contributed by atoms with Crippen molar-refractivity contribution >= 4 is 16.2 Å². The molecule has 8 heteroatoms. The van der Waals surface area contributed by atoms with Gasteiger partial charge in [-0.3, -0.25) is 9.69 Å². The first-order chi connectivity index (χ1) is 9.64.